The first-order valence-corrected chi connectivity index (χ1v) is 6.37. The maximum absolute atomic E-state index is 12.0. The van der Waals surface area contributed by atoms with Gasteiger partial charge in [-0.2, -0.15) is 0 Å². The predicted molar refractivity (Wildman–Crippen MR) is 62.7 cm³/mol. The number of aliphatic carboxylic acids is 1. The van der Waals surface area contributed by atoms with Gasteiger partial charge < -0.3 is 15.3 Å². The molecule has 0 saturated heterocycles. The van der Waals surface area contributed by atoms with Crippen LogP contribution in [0.5, 0.6) is 0 Å². The van der Waals surface area contributed by atoms with Gasteiger partial charge in [-0.05, 0) is 38.5 Å². The van der Waals surface area contributed by atoms with Crippen LogP contribution in [0.15, 0.2) is 0 Å². The zero-order chi connectivity index (χ0) is 12.4. The van der Waals surface area contributed by atoms with E-state index in [-0.39, 0.29) is 24.7 Å². The molecule has 0 radical (unpaired) electrons. The van der Waals surface area contributed by atoms with E-state index < -0.39 is 5.97 Å². The van der Waals surface area contributed by atoms with Crippen LogP contribution in [0.25, 0.3) is 0 Å². The van der Waals surface area contributed by atoms with Crippen LogP contribution in [0.4, 0.5) is 4.79 Å². The second-order valence-corrected chi connectivity index (χ2v) is 5.18. The second-order valence-electron chi connectivity index (χ2n) is 5.18. The quantitative estimate of drug-likeness (QED) is 0.763. The minimum atomic E-state index is -0.941. The molecule has 5 nitrogen and oxygen atoms in total. The first-order chi connectivity index (χ1) is 8.08. The largest absolute Gasteiger partial charge is 0.480 e. The van der Waals surface area contributed by atoms with Gasteiger partial charge in [0.1, 0.15) is 6.54 Å². The molecule has 2 aliphatic carbocycles. The van der Waals surface area contributed by atoms with Gasteiger partial charge in [0.05, 0.1) is 0 Å². The minimum absolute atomic E-state index is 0.139. The normalized spacial score (nSPS) is 21.5. The summed E-state index contributed by atoms with van der Waals surface area (Å²) in [7, 11) is 0. The van der Waals surface area contributed by atoms with Crippen molar-refractivity contribution in [2.75, 3.05) is 6.54 Å². The van der Waals surface area contributed by atoms with Crippen molar-refractivity contribution in [3.05, 3.63) is 0 Å². The molecule has 0 aliphatic heterocycles. The Morgan fingerprint density at radius 3 is 2.41 bits per heavy atom. The van der Waals surface area contributed by atoms with E-state index in [2.05, 4.69) is 5.32 Å². The van der Waals surface area contributed by atoms with Crippen molar-refractivity contribution in [3.63, 3.8) is 0 Å². The van der Waals surface area contributed by atoms with Gasteiger partial charge in [-0.25, -0.2) is 4.79 Å². The van der Waals surface area contributed by atoms with Gasteiger partial charge in [0.2, 0.25) is 0 Å². The highest BCUT2D eigenvalue weighted by molar-refractivity contribution is 5.80. The number of amides is 2. The van der Waals surface area contributed by atoms with Crippen LogP contribution in [0.1, 0.15) is 39.0 Å². The van der Waals surface area contributed by atoms with Crippen LogP contribution in [-0.2, 0) is 4.79 Å². The molecule has 96 valence electrons. The molecule has 0 heterocycles. The standard InChI is InChI=1S/C12H20N2O3/c1-8(9-3-2-4-9)13-12(17)14(7-11(15)16)10-5-6-10/h8-10H,2-7H2,1H3,(H,13,17)(H,15,16). The first kappa shape index (κ1) is 12.2. The summed E-state index contributed by atoms with van der Waals surface area (Å²) in [6.07, 6.45) is 5.44. The topological polar surface area (TPSA) is 69.6 Å². The lowest BCUT2D eigenvalue weighted by atomic mass is 9.80. The van der Waals surface area contributed by atoms with Gasteiger partial charge in [0.25, 0.3) is 0 Å². The third-order valence-corrected chi connectivity index (χ3v) is 3.76. The summed E-state index contributed by atoms with van der Waals surface area (Å²) in [5.41, 5.74) is 0. The molecule has 0 spiro atoms. The molecule has 2 N–H and O–H groups in total. The fourth-order valence-corrected chi connectivity index (χ4v) is 2.23. The molecular formula is C12H20N2O3. The Labute approximate surface area is 101 Å². The van der Waals surface area contributed by atoms with Gasteiger partial charge in [0, 0.05) is 12.1 Å². The smallest absolute Gasteiger partial charge is 0.323 e. The summed E-state index contributed by atoms with van der Waals surface area (Å²) < 4.78 is 0. The molecule has 2 saturated carbocycles. The van der Waals surface area contributed by atoms with Crippen molar-refractivity contribution in [2.45, 2.75) is 51.1 Å². The zero-order valence-corrected chi connectivity index (χ0v) is 10.2. The summed E-state index contributed by atoms with van der Waals surface area (Å²) in [5, 5.41) is 11.7. The van der Waals surface area contributed by atoms with E-state index in [1.165, 1.54) is 24.2 Å². The highest BCUT2D eigenvalue weighted by Gasteiger charge is 2.35. The van der Waals surface area contributed by atoms with Crippen LogP contribution >= 0.6 is 0 Å². The lowest BCUT2D eigenvalue weighted by Gasteiger charge is -2.33. The second kappa shape index (κ2) is 4.94. The average molecular weight is 240 g/mol. The number of hydrogen-bond acceptors (Lipinski definition) is 2. The van der Waals surface area contributed by atoms with Crippen molar-refractivity contribution in [1.29, 1.82) is 0 Å². The molecule has 0 aromatic rings. The minimum Gasteiger partial charge on any atom is -0.480 e. The first-order valence-electron chi connectivity index (χ1n) is 6.37. The fourth-order valence-electron chi connectivity index (χ4n) is 2.23. The molecule has 0 aromatic heterocycles. The summed E-state index contributed by atoms with van der Waals surface area (Å²) >= 11 is 0. The van der Waals surface area contributed by atoms with E-state index in [0.29, 0.717) is 5.92 Å². The van der Waals surface area contributed by atoms with Gasteiger partial charge in [-0.15, -0.1) is 0 Å². The Morgan fingerprint density at radius 2 is 2.00 bits per heavy atom. The molecule has 2 rings (SSSR count). The van der Waals surface area contributed by atoms with Gasteiger partial charge in [-0.1, -0.05) is 6.42 Å². The third kappa shape index (κ3) is 3.11. The molecule has 0 bridgehead atoms. The summed E-state index contributed by atoms with van der Waals surface area (Å²) in [6, 6.07) is 0.0836. The Morgan fingerprint density at radius 1 is 1.35 bits per heavy atom. The molecule has 2 amide bonds. The van der Waals surface area contributed by atoms with E-state index in [1.54, 1.807) is 0 Å². The Bertz CT molecular complexity index is 311. The van der Waals surface area contributed by atoms with E-state index in [1.807, 2.05) is 6.92 Å². The molecule has 0 aromatic carbocycles. The molecule has 5 heteroatoms. The number of carboxylic acid groups (broad SMARTS) is 1. The van der Waals surface area contributed by atoms with E-state index in [4.69, 9.17) is 5.11 Å². The Balaban J connectivity index is 1.84. The maximum Gasteiger partial charge on any atom is 0.323 e. The van der Waals surface area contributed by atoms with Crippen molar-refractivity contribution < 1.29 is 14.7 Å². The van der Waals surface area contributed by atoms with Crippen LogP contribution in [-0.4, -0.2) is 40.6 Å². The molecule has 1 atom stereocenters. The third-order valence-electron chi connectivity index (χ3n) is 3.76. The monoisotopic (exact) mass is 240 g/mol. The molecular weight excluding hydrogens is 220 g/mol. The lowest BCUT2D eigenvalue weighted by molar-refractivity contribution is -0.137. The summed E-state index contributed by atoms with van der Waals surface area (Å²) in [4.78, 5) is 24.1. The summed E-state index contributed by atoms with van der Waals surface area (Å²) in [5.74, 6) is -0.367. The fraction of sp³-hybridized carbons (Fsp3) is 0.833. The SMILES string of the molecule is CC(NC(=O)N(CC(=O)O)C1CC1)C1CCC1. The van der Waals surface area contributed by atoms with Crippen molar-refractivity contribution in [2.24, 2.45) is 5.92 Å². The van der Waals surface area contributed by atoms with Gasteiger partial charge in [0.15, 0.2) is 0 Å². The number of carbonyl (C=O) groups is 2. The van der Waals surface area contributed by atoms with Gasteiger partial charge in [-0.3, -0.25) is 4.79 Å². The van der Waals surface area contributed by atoms with Crippen LogP contribution < -0.4 is 5.32 Å². The number of nitrogens with zero attached hydrogens (tertiary/aromatic N) is 1. The maximum atomic E-state index is 12.0. The predicted octanol–water partition coefficient (Wildman–Crippen LogP) is 1.43. The van der Waals surface area contributed by atoms with E-state index in [0.717, 1.165) is 12.8 Å². The number of rotatable bonds is 5. The van der Waals surface area contributed by atoms with Crippen molar-refractivity contribution >= 4 is 12.0 Å². The molecule has 17 heavy (non-hydrogen) atoms. The van der Waals surface area contributed by atoms with Crippen molar-refractivity contribution in [1.82, 2.24) is 10.2 Å². The molecule has 2 fully saturated rings. The zero-order valence-electron chi connectivity index (χ0n) is 10.2. The van der Waals surface area contributed by atoms with Gasteiger partial charge >= 0.3 is 12.0 Å². The Hall–Kier alpha value is -1.26. The van der Waals surface area contributed by atoms with E-state index in [9.17, 15) is 9.59 Å². The molecule has 1 unspecified atom stereocenters. The highest BCUT2D eigenvalue weighted by Crippen LogP contribution is 2.30. The highest BCUT2D eigenvalue weighted by atomic mass is 16.4. The number of hydrogen-bond donors (Lipinski definition) is 2. The van der Waals surface area contributed by atoms with Crippen LogP contribution in [0.3, 0.4) is 0 Å². The van der Waals surface area contributed by atoms with Crippen LogP contribution in [0, 0.1) is 5.92 Å². The van der Waals surface area contributed by atoms with E-state index >= 15 is 0 Å². The number of nitrogens with one attached hydrogen (secondary N) is 1. The molecule has 2 aliphatic rings. The Kier molecular flexibility index (Phi) is 3.54. The number of carbonyl (C=O) groups excluding carboxylic acids is 1. The van der Waals surface area contributed by atoms with Crippen molar-refractivity contribution in [3.8, 4) is 0 Å². The average Bonchev–Trinajstić information content (AvgIpc) is 2.93. The number of carboxylic acids is 1. The lowest BCUT2D eigenvalue weighted by Crippen LogP contribution is -2.49. The number of urea groups is 1. The van der Waals surface area contributed by atoms with Crippen LogP contribution in [0.2, 0.25) is 0 Å². The summed E-state index contributed by atoms with van der Waals surface area (Å²) in [6.45, 7) is 1.82.